The molecule has 1 fully saturated rings. The molecule has 3 nitrogen and oxygen atoms in total. The first-order valence-electron chi connectivity index (χ1n) is 9.37. The predicted molar refractivity (Wildman–Crippen MR) is 102 cm³/mol. The van der Waals surface area contributed by atoms with Gasteiger partial charge in [-0.2, -0.15) is 13.2 Å². The molecule has 148 valence electrons. The first-order valence-corrected chi connectivity index (χ1v) is 10.4. The Labute approximate surface area is 163 Å². The molecular weight excluding hydrogens is 371 g/mol. The minimum atomic E-state index is -4.24. The summed E-state index contributed by atoms with van der Waals surface area (Å²) in [5.41, 5.74) is -0.496. The van der Waals surface area contributed by atoms with Crippen molar-refractivity contribution in [2.75, 3.05) is 25.4 Å². The molecule has 1 saturated heterocycles. The first-order chi connectivity index (χ1) is 12.8. The standard InChI is InChI=1S/C20H26F3N3S/c1-15-13-26(11-4-12-27-18-24-9-3-10-25-18)14-19(15,2)16-5-7-17(8-6-16)20(21,22)23/h3,5,7-10,15-16H,4,6,11-14H2,1-2H3/t15-,16?,19-/m0/s1. The lowest BCUT2D eigenvalue weighted by Crippen LogP contribution is -2.35. The number of hydrogen-bond acceptors (Lipinski definition) is 4. The fourth-order valence-electron chi connectivity index (χ4n) is 4.08. The molecule has 1 unspecified atom stereocenters. The number of hydrogen-bond donors (Lipinski definition) is 0. The molecule has 2 heterocycles. The van der Waals surface area contributed by atoms with Crippen molar-refractivity contribution in [3.8, 4) is 0 Å². The first kappa shape index (κ1) is 20.4. The molecular formula is C20H26F3N3S. The smallest absolute Gasteiger partial charge is 0.302 e. The van der Waals surface area contributed by atoms with E-state index in [0.717, 1.165) is 37.0 Å². The Morgan fingerprint density at radius 1 is 1.30 bits per heavy atom. The summed E-state index contributed by atoms with van der Waals surface area (Å²) in [6.45, 7) is 7.39. The zero-order chi connectivity index (χ0) is 19.5. The maximum absolute atomic E-state index is 12.8. The number of likely N-dealkylation sites (tertiary alicyclic amines) is 1. The SMILES string of the molecule is C[C@H]1CN(CCCSc2ncccn2)C[C@]1(C)C1C=CC(C(F)(F)F)=CC1. The minimum absolute atomic E-state index is 0.0137. The van der Waals surface area contributed by atoms with Crippen molar-refractivity contribution in [1.29, 1.82) is 0 Å². The zero-order valence-corrected chi connectivity index (χ0v) is 16.6. The highest BCUT2D eigenvalue weighted by Gasteiger charge is 2.45. The van der Waals surface area contributed by atoms with E-state index in [9.17, 15) is 13.2 Å². The Bertz CT molecular complexity index is 689. The van der Waals surface area contributed by atoms with Crippen LogP contribution in [0.4, 0.5) is 13.2 Å². The van der Waals surface area contributed by atoms with Gasteiger partial charge in [0, 0.05) is 31.2 Å². The molecule has 0 aromatic carbocycles. The molecule has 0 spiro atoms. The Balaban J connectivity index is 1.49. The third-order valence-electron chi connectivity index (χ3n) is 5.89. The maximum atomic E-state index is 12.8. The number of nitrogens with zero attached hydrogens (tertiary/aromatic N) is 3. The summed E-state index contributed by atoms with van der Waals surface area (Å²) < 4.78 is 38.5. The van der Waals surface area contributed by atoms with Gasteiger partial charge < -0.3 is 4.90 Å². The van der Waals surface area contributed by atoms with E-state index in [-0.39, 0.29) is 11.3 Å². The lowest BCUT2D eigenvalue weighted by Gasteiger charge is -2.37. The molecule has 2 aliphatic rings. The van der Waals surface area contributed by atoms with Gasteiger partial charge in [0.15, 0.2) is 5.16 Å². The summed E-state index contributed by atoms with van der Waals surface area (Å²) in [7, 11) is 0. The zero-order valence-electron chi connectivity index (χ0n) is 15.7. The molecule has 1 aliphatic carbocycles. The molecule has 0 saturated carbocycles. The van der Waals surface area contributed by atoms with E-state index in [0.29, 0.717) is 12.3 Å². The third kappa shape index (κ3) is 4.93. The van der Waals surface area contributed by atoms with Crippen molar-refractivity contribution in [2.45, 2.75) is 38.0 Å². The van der Waals surface area contributed by atoms with Crippen molar-refractivity contribution in [3.05, 3.63) is 42.3 Å². The number of allylic oxidation sites excluding steroid dienone is 4. The van der Waals surface area contributed by atoms with Crippen LogP contribution in [0, 0.1) is 17.3 Å². The second-order valence-electron chi connectivity index (χ2n) is 7.73. The van der Waals surface area contributed by atoms with Crippen molar-refractivity contribution < 1.29 is 13.2 Å². The van der Waals surface area contributed by atoms with Gasteiger partial charge in [-0.05, 0) is 42.7 Å². The summed E-state index contributed by atoms with van der Waals surface area (Å²) in [6.07, 6.45) is 5.19. The molecule has 7 heteroatoms. The second-order valence-corrected chi connectivity index (χ2v) is 8.80. The Morgan fingerprint density at radius 3 is 2.67 bits per heavy atom. The van der Waals surface area contributed by atoms with Crippen LogP contribution in [0.5, 0.6) is 0 Å². The molecule has 0 amide bonds. The summed E-state index contributed by atoms with van der Waals surface area (Å²) in [6, 6.07) is 1.81. The van der Waals surface area contributed by atoms with Crippen LogP contribution in [0.2, 0.25) is 0 Å². The number of thioether (sulfide) groups is 1. The van der Waals surface area contributed by atoms with E-state index in [2.05, 4.69) is 28.7 Å². The van der Waals surface area contributed by atoms with Gasteiger partial charge >= 0.3 is 6.18 Å². The number of halogens is 3. The molecule has 3 rings (SSSR count). The molecule has 1 aromatic heterocycles. The summed E-state index contributed by atoms with van der Waals surface area (Å²) in [5.74, 6) is 1.58. The van der Waals surface area contributed by atoms with Crippen LogP contribution < -0.4 is 0 Å². The van der Waals surface area contributed by atoms with Crippen LogP contribution in [0.3, 0.4) is 0 Å². The van der Waals surface area contributed by atoms with Crippen LogP contribution in [-0.4, -0.2) is 46.4 Å². The van der Waals surface area contributed by atoms with Gasteiger partial charge in [0.25, 0.3) is 0 Å². The van der Waals surface area contributed by atoms with Crippen LogP contribution in [0.1, 0.15) is 26.7 Å². The quantitative estimate of drug-likeness (QED) is 0.385. The normalized spacial score (nSPS) is 29.1. The highest BCUT2D eigenvalue weighted by Crippen LogP contribution is 2.46. The van der Waals surface area contributed by atoms with Crippen LogP contribution >= 0.6 is 11.8 Å². The fourth-order valence-corrected chi connectivity index (χ4v) is 4.81. The van der Waals surface area contributed by atoms with E-state index in [4.69, 9.17) is 0 Å². The number of aromatic nitrogens is 2. The fraction of sp³-hybridized carbons (Fsp3) is 0.600. The maximum Gasteiger partial charge on any atom is 0.416 e. The molecule has 1 aliphatic heterocycles. The Hall–Kier alpha value is -1.34. The monoisotopic (exact) mass is 397 g/mol. The number of alkyl halides is 3. The molecule has 1 aromatic rings. The highest BCUT2D eigenvalue weighted by molar-refractivity contribution is 7.99. The van der Waals surface area contributed by atoms with E-state index in [1.807, 2.05) is 6.07 Å². The van der Waals surface area contributed by atoms with Gasteiger partial charge in [-0.25, -0.2) is 9.97 Å². The second kappa shape index (κ2) is 8.35. The Morgan fingerprint density at radius 2 is 2.04 bits per heavy atom. The Kier molecular flexibility index (Phi) is 6.31. The van der Waals surface area contributed by atoms with Crippen molar-refractivity contribution in [1.82, 2.24) is 14.9 Å². The molecule has 3 atom stereocenters. The van der Waals surface area contributed by atoms with Crippen LogP contribution in [-0.2, 0) is 0 Å². The summed E-state index contributed by atoms with van der Waals surface area (Å²) >= 11 is 1.66. The van der Waals surface area contributed by atoms with Gasteiger partial charge in [0.05, 0.1) is 5.57 Å². The van der Waals surface area contributed by atoms with E-state index in [1.54, 1.807) is 30.2 Å². The minimum Gasteiger partial charge on any atom is -0.302 e. The highest BCUT2D eigenvalue weighted by atomic mass is 32.2. The van der Waals surface area contributed by atoms with Crippen molar-refractivity contribution in [3.63, 3.8) is 0 Å². The third-order valence-corrected chi connectivity index (χ3v) is 6.85. The lowest BCUT2D eigenvalue weighted by molar-refractivity contribution is -0.0889. The molecule has 0 radical (unpaired) electrons. The number of rotatable bonds is 6. The van der Waals surface area contributed by atoms with Crippen molar-refractivity contribution >= 4 is 11.8 Å². The van der Waals surface area contributed by atoms with Crippen molar-refractivity contribution in [2.24, 2.45) is 17.3 Å². The van der Waals surface area contributed by atoms with Gasteiger partial charge in [0.1, 0.15) is 0 Å². The lowest BCUT2D eigenvalue weighted by atomic mass is 9.68. The predicted octanol–water partition coefficient (Wildman–Crippen LogP) is 4.98. The molecule has 27 heavy (non-hydrogen) atoms. The largest absolute Gasteiger partial charge is 0.416 e. The van der Waals surface area contributed by atoms with Gasteiger partial charge in [-0.15, -0.1) is 0 Å². The molecule has 0 N–H and O–H groups in total. The topological polar surface area (TPSA) is 29.0 Å². The average Bonchev–Trinajstić information content (AvgIpc) is 2.94. The van der Waals surface area contributed by atoms with Gasteiger partial charge in [0.2, 0.25) is 0 Å². The summed E-state index contributed by atoms with van der Waals surface area (Å²) in [4.78, 5) is 10.9. The summed E-state index contributed by atoms with van der Waals surface area (Å²) in [5, 5.41) is 0.803. The van der Waals surface area contributed by atoms with Gasteiger partial charge in [-0.3, -0.25) is 0 Å². The average molecular weight is 398 g/mol. The van der Waals surface area contributed by atoms with Crippen LogP contribution in [0.25, 0.3) is 0 Å². The van der Waals surface area contributed by atoms with E-state index in [1.165, 1.54) is 12.2 Å². The van der Waals surface area contributed by atoms with Gasteiger partial charge in [-0.1, -0.05) is 43.8 Å². The van der Waals surface area contributed by atoms with Crippen LogP contribution in [0.15, 0.2) is 47.4 Å². The van der Waals surface area contributed by atoms with E-state index < -0.39 is 11.7 Å². The van der Waals surface area contributed by atoms with E-state index >= 15 is 0 Å². The molecule has 0 bridgehead atoms.